The number of hydrogen-bond acceptors (Lipinski definition) is 5. The number of para-hydroxylation sites is 1. The Bertz CT molecular complexity index is 1340. The first kappa shape index (κ1) is 24.4. The number of fused-ring (bicyclic) bond motifs is 1. The zero-order valence-electron chi connectivity index (χ0n) is 20.6. The Morgan fingerprint density at radius 2 is 1.91 bits per heavy atom. The summed E-state index contributed by atoms with van der Waals surface area (Å²) in [5.74, 6) is 0.425. The van der Waals surface area contributed by atoms with Crippen LogP contribution in [0.4, 0.5) is 0 Å². The molecule has 4 N–H and O–H groups in total. The summed E-state index contributed by atoms with van der Waals surface area (Å²) in [6.07, 6.45) is 3.09. The molecule has 0 radical (unpaired) electrons. The van der Waals surface area contributed by atoms with Crippen molar-refractivity contribution in [3.8, 4) is 28.0 Å². The van der Waals surface area contributed by atoms with Crippen LogP contribution in [0.5, 0.6) is 5.75 Å². The molecular weight excluding hydrogens is 440 g/mol. The molecule has 1 atom stereocenters. The summed E-state index contributed by atoms with van der Waals surface area (Å²) in [6, 6.07) is 17.3. The number of nitrogens with one attached hydrogen (secondary N) is 1. The van der Waals surface area contributed by atoms with Crippen LogP contribution in [0.15, 0.2) is 67.0 Å². The normalized spacial score (nSPS) is 12.5. The largest absolute Gasteiger partial charge is 0.496 e. The van der Waals surface area contributed by atoms with Crippen LogP contribution in [0.1, 0.15) is 31.9 Å². The first-order valence-electron chi connectivity index (χ1n) is 11.6. The Balaban J connectivity index is 1.63. The van der Waals surface area contributed by atoms with Crippen LogP contribution in [0, 0.1) is 0 Å². The van der Waals surface area contributed by atoms with E-state index in [0.29, 0.717) is 18.5 Å². The fraction of sp³-hybridized carbons (Fsp3) is 0.286. The molecule has 0 aliphatic rings. The van der Waals surface area contributed by atoms with E-state index in [9.17, 15) is 9.90 Å². The lowest BCUT2D eigenvalue weighted by molar-refractivity contribution is -0.139. The third kappa shape index (κ3) is 5.37. The first-order valence-corrected chi connectivity index (χ1v) is 11.6. The maximum Gasteiger partial charge on any atom is 0.255 e. The number of ether oxygens (including phenoxy) is 1. The number of amides is 1. The topological polar surface area (TPSA) is 104 Å². The van der Waals surface area contributed by atoms with Gasteiger partial charge in [0.25, 0.3) is 5.91 Å². The third-order valence-corrected chi connectivity index (χ3v) is 6.17. The van der Waals surface area contributed by atoms with Gasteiger partial charge in [-0.05, 0) is 49.6 Å². The second kappa shape index (κ2) is 9.90. The monoisotopic (exact) mass is 472 g/mol. The van der Waals surface area contributed by atoms with Gasteiger partial charge in [-0.3, -0.25) is 4.79 Å². The fourth-order valence-electron chi connectivity index (χ4n) is 4.06. The number of benzene rings is 2. The maximum atomic E-state index is 12.8. The number of H-pyrrole nitrogens is 1. The number of rotatable bonds is 8. The fourth-order valence-corrected chi connectivity index (χ4v) is 4.06. The predicted molar refractivity (Wildman–Crippen MR) is 139 cm³/mol. The van der Waals surface area contributed by atoms with Gasteiger partial charge < -0.3 is 25.5 Å². The van der Waals surface area contributed by atoms with Crippen LogP contribution in [0.3, 0.4) is 0 Å². The Labute approximate surface area is 205 Å². The van der Waals surface area contributed by atoms with Gasteiger partial charge in [-0.15, -0.1) is 0 Å². The van der Waals surface area contributed by atoms with Crippen LogP contribution < -0.4 is 10.5 Å². The highest BCUT2D eigenvalue weighted by Gasteiger charge is 2.23. The SMILES string of the molecule is COc1ccccc1-c1c[nH]c2ncc(-c3cccc(C(O)C(=O)N(C)CCC(C)(C)N)c3)cc12. The number of hydrogen-bond donors (Lipinski definition) is 3. The first-order chi connectivity index (χ1) is 16.7. The summed E-state index contributed by atoms with van der Waals surface area (Å²) in [7, 11) is 3.34. The van der Waals surface area contributed by atoms with Crippen molar-refractivity contribution in [3.05, 3.63) is 72.6 Å². The molecule has 0 fully saturated rings. The molecule has 1 amide bonds. The van der Waals surface area contributed by atoms with Gasteiger partial charge in [0.2, 0.25) is 0 Å². The standard InChI is InChI=1S/C28H32N4O3/c1-28(2,29)12-13-32(3)27(34)25(33)19-9-7-8-18(14-19)20-15-22-23(17-31-26(22)30-16-20)21-10-5-6-11-24(21)35-4/h5-11,14-17,25,33H,12-13,29H2,1-4H3,(H,30,31). The van der Waals surface area contributed by atoms with Crippen molar-refractivity contribution in [2.45, 2.75) is 31.9 Å². The minimum Gasteiger partial charge on any atom is -0.496 e. The van der Waals surface area contributed by atoms with Crippen LogP contribution >= 0.6 is 0 Å². The van der Waals surface area contributed by atoms with Crippen LogP contribution in [0.25, 0.3) is 33.3 Å². The van der Waals surface area contributed by atoms with Crippen molar-refractivity contribution in [2.75, 3.05) is 20.7 Å². The minimum atomic E-state index is -1.26. The summed E-state index contributed by atoms with van der Waals surface area (Å²) >= 11 is 0. The minimum absolute atomic E-state index is 0.357. The van der Waals surface area contributed by atoms with Crippen LogP contribution in [-0.4, -0.2) is 52.1 Å². The molecule has 2 heterocycles. The molecule has 0 aliphatic carbocycles. The van der Waals surface area contributed by atoms with E-state index in [1.54, 1.807) is 26.4 Å². The summed E-state index contributed by atoms with van der Waals surface area (Å²) in [4.78, 5) is 22.2. The van der Waals surface area contributed by atoms with Crippen molar-refractivity contribution in [2.24, 2.45) is 5.73 Å². The van der Waals surface area contributed by atoms with Crippen molar-refractivity contribution >= 4 is 16.9 Å². The predicted octanol–water partition coefficient (Wildman–Crippen LogP) is 4.52. The van der Waals surface area contributed by atoms with Gasteiger partial charge in [0.15, 0.2) is 6.10 Å². The number of carbonyl (C=O) groups is 1. The number of aliphatic hydroxyl groups excluding tert-OH is 1. The van der Waals surface area contributed by atoms with E-state index in [1.165, 1.54) is 4.90 Å². The highest BCUT2D eigenvalue weighted by Crippen LogP contribution is 2.36. The molecule has 0 bridgehead atoms. The Morgan fingerprint density at radius 3 is 2.66 bits per heavy atom. The second-order valence-electron chi connectivity index (χ2n) is 9.55. The average molecular weight is 473 g/mol. The molecule has 2 aromatic carbocycles. The summed E-state index contributed by atoms with van der Waals surface area (Å²) in [6.45, 7) is 4.30. The average Bonchev–Trinajstić information content (AvgIpc) is 3.29. The van der Waals surface area contributed by atoms with E-state index in [0.717, 1.165) is 39.0 Å². The number of likely N-dealkylation sites (N-methyl/N-ethyl adjacent to an activating group) is 1. The molecule has 0 saturated carbocycles. The lowest BCUT2D eigenvalue weighted by Crippen LogP contribution is -2.39. The van der Waals surface area contributed by atoms with Gasteiger partial charge in [-0.25, -0.2) is 4.98 Å². The number of aromatic amines is 1. The molecular formula is C28H32N4O3. The van der Waals surface area contributed by atoms with Crippen molar-refractivity contribution in [1.29, 1.82) is 0 Å². The molecule has 7 heteroatoms. The van der Waals surface area contributed by atoms with Crippen molar-refractivity contribution in [3.63, 3.8) is 0 Å². The highest BCUT2D eigenvalue weighted by molar-refractivity contribution is 5.97. The van der Waals surface area contributed by atoms with Crippen molar-refractivity contribution in [1.82, 2.24) is 14.9 Å². The summed E-state index contributed by atoms with van der Waals surface area (Å²) in [5, 5.41) is 11.7. The van der Waals surface area contributed by atoms with E-state index in [4.69, 9.17) is 10.5 Å². The number of nitrogens with two attached hydrogens (primary N) is 1. The number of aliphatic hydroxyl groups is 1. The van der Waals surface area contributed by atoms with Gasteiger partial charge in [-0.1, -0.05) is 36.4 Å². The summed E-state index contributed by atoms with van der Waals surface area (Å²) in [5.41, 5.74) is 10.7. The number of nitrogens with zero attached hydrogens (tertiary/aromatic N) is 2. The number of carbonyl (C=O) groups excluding carboxylic acids is 1. The van der Waals surface area contributed by atoms with E-state index < -0.39 is 6.10 Å². The molecule has 0 saturated heterocycles. The molecule has 4 rings (SSSR count). The Kier molecular flexibility index (Phi) is 6.91. The number of aromatic nitrogens is 2. The lowest BCUT2D eigenvalue weighted by Gasteiger charge is -2.25. The zero-order valence-corrected chi connectivity index (χ0v) is 20.6. The van der Waals surface area contributed by atoms with Gasteiger partial charge in [0.1, 0.15) is 11.4 Å². The highest BCUT2D eigenvalue weighted by atomic mass is 16.5. The second-order valence-corrected chi connectivity index (χ2v) is 9.55. The Hall–Kier alpha value is -3.68. The van der Waals surface area contributed by atoms with Gasteiger partial charge in [-0.2, -0.15) is 0 Å². The van der Waals surface area contributed by atoms with Crippen LogP contribution in [-0.2, 0) is 4.79 Å². The zero-order chi connectivity index (χ0) is 25.2. The van der Waals surface area contributed by atoms with Crippen molar-refractivity contribution < 1.29 is 14.6 Å². The maximum absolute atomic E-state index is 12.8. The molecule has 2 aromatic heterocycles. The van der Waals surface area contributed by atoms with E-state index in [2.05, 4.69) is 16.0 Å². The lowest BCUT2D eigenvalue weighted by atomic mass is 9.98. The molecule has 35 heavy (non-hydrogen) atoms. The quantitative estimate of drug-likeness (QED) is 0.350. The molecule has 1 unspecified atom stereocenters. The molecule has 0 aliphatic heterocycles. The summed E-state index contributed by atoms with van der Waals surface area (Å²) < 4.78 is 5.55. The van der Waals surface area contributed by atoms with Gasteiger partial charge in [0.05, 0.1) is 7.11 Å². The number of methoxy groups -OCH3 is 1. The molecule has 182 valence electrons. The molecule has 0 spiro atoms. The van der Waals surface area contributed by atoms with E-state index >= 15 is 0 Å². The third-order valence-electron chi connectivity index (χ3n) is 6.17. The van der Waals surface area contributed by atoms with E-state index in [1.807, 2.05) is 62.5 Å². The number of pyridine rings is 1. The smallest absolute Gasteiger partial charge is 0.255 e. The molecule has 4 aromatic rings. The molecule has 7 nitrogen and oxygen atoms in total. The van der Waals surface area contributed by atoms with Gasteiger partial charge >= 0.3 is 0 Å². The Morgan fingerprint density at radius 1 is 1.14 bits per heavy atom. The van der Waals surface area contributed by atoms with E-state index in [-0.39, 0.29) is 11.4 Å². The van der Waals surface area contributed by atoms with Gasteiger partial charge in [0, 0.05) is 53.6 Å². The van der Waals surface area contributed by atoms with Crippen LogP contribution in [0.2, 0.25) is 0 Å².